The molecule has 16 heavy (non-hydrogen) atoms. The Kier molecular flexibility index (Phi) is 4.98. The highest BCUT2D eigenvalue weighted by Crippen LogP contribution is 2.00. The first-order valence-corrected chi connectivity index (χ1v) is 5.73. The highest BCUT2D eigenvalue weighted by molar-refractivity contribution is 5.92. The van der Waals surface area contributed by atoms with E-state index in [2.05, 4.69) is 24.1 Å². The van der Waals surface area contributed by atoms with Crippen LogP contribution in [0.1, 0.15) is 37.2 Å². The number of rotatable bonds is 6. The number of hydrogen-bond donors (Lipinski definition) is 2. The van der Waals surface area contributed by atoms with Gasteiger partial charge in [0.05, 0.1) is 6.33 Å². The van der Waals surface area contributed by atoms with Crippen molar-refractivity contribution in [2.45, 2.75) is 39.3 Å². The number of nitrogens with zero attached hydrogens (tertiary/aromatic N) is 2. The van der Waals surface area contributed by atoms with Crippen LogP contribution in [0.25, 0.3) is 0 Å². The Morgan fingerprint density at radius 3 is 2.81 bits per heavy atom. The second-order valence-electron chi connectivity index (χ2n) is 3.77. The van der Waals surface area contributed by atoms with Gasteiger partial charge in [0.1, 0.15) is 5.69 Å². The average Bonchev–Trinajstić information content (AvgIpc) is 2.74. The minimum absolute atomic E-state index is 0.107. The molecular weight excluding hydrogens is 204 g/mol. The number of hydrogen-bond acceptors (Lipinski definition) is 3. The lowest BCUT2D eigenvalue weighted by Crippen LogP contribution is -2.34. The highest BCUT2D eigenvalue weighted by Gasteiger charge is 2.12. The Morgan fingerprint density at radius 2 is 2.25 bits per heavy atom. The summed E-state index contributed by atoms with van der Waals surface area (Å²) in [4.78, 5) is 15.8. The third kappa shape index (κ3) is 3.34. The zero-order valence-corrected chi connectivity index (χ0v) is 9.94. The number of nitrogens with one attached hydrogen (secondary N) is 1. The van der Waals surface area contributed by atoms with Crippen molar-refractivity contribution in [2.24, 2.45) is 5.73 Å². The smallest absolute Gasteiger partial charge is 0.271 e. The third-order valence-corrected chi connectivity index (χ3v) is 2.57. The van der Waals surface area contributed by atoms with E-state index in [1.807, 2.05) is 4.57 Å². The molecule has 0 bridgehead atoms. The molecule has 90 valence electrons. The van der Waals surface area contributed by atoms with Crippen molar-refractivity contribution in [1.82, 2.24) is 14.9 Å². The molecule has 0 atom stereocenters. The molecule has 1 aromatic heterocycles. The fraction of sp³-hybridized carbons (Fsp3) is 0.636. The molecule has 0 aliphatic rings. The summed E-state index contributed by atoms with van der Waals surface area (Å²) in [5.41, 5.74) is 5.88. The molecule has 0 aliphatic heterocycles. The van der Waals surface area contributed by atoms with Crippen LogP contribution >= 0.6 is 0 Å². The maximum Gasteiger partial charge on any atom is 0.271 e. The molecule has 0 saturated heterocycles. The van der Waals surface area contributed by atoms with Gasteiger partial charge in [-0.05, 0) is 12.8 Å². The van der Waals surface area contributed by atoms with E-state index in [9.17, 15) is 4.79 Å². The maximum absolute atomic E-state index is 11.8. The predicted molar refractivity (Wildman–Crippen MR) is 63.1 cm³/mol. The number of carbonyl (C=O) groups excluding carboxylic acids is 1. The van der Waals surface area contributed by atoms with E-state index in [-0.39, 0.29) is 11.9 Å². The predicted octanol–water partition coefficient (Wildman–Crippen LogP) is 0.760. The van der Waals surface area contributed by atoms with Gasteiger partial charge in [0.15, 0.2) is 0 Å². The van der Waals surface area contributed by atoms with Gasteiger partial charge in [-0.3, -0.25) is 4.79 Å². The normalized spacial score (nSPS) is 10.8. The summed E-state index contributed by atoms with van der Waals surface area (Å²) < 4.78 is 1.82. The summed E-state index contributed by atoms with van der Waals surface area (Å²) in [7, 11) is 0. The minimum Gasteiger partial charge on any atom is -0.348 e. The largest absolute Gasteiger partial charge is 0.348 e. The van der Waals surface area contributed by atoms with Crippen molar-refractivity contribution < 1.29 is 4.79 Å². The molecule has 1 rings (SSSR count). The molecular formula is C11H20N4O. The molecule has 0 fully saturated rings. The summed E-state index contributed by atoms with van der Waals surface area (Å²) in [6.07, 6.45) is 5.23. The number of aromatic nitrogens is 2. The highest BCUT2D eigenvalue weighted by atomic mass is 16.1. The van der Waals surface area contributed by atoms with E-state index in [1.165, 1.54) is 0 Å². The zero-order valence-electron chi connectivity index (χ0n) is 9.94. The topological polar surface area (TPSA) is 72.9 Å². The molecule has 0 radical (unpaired) electrons. The Labute approximate surface area is 96.0 Å². The van der Waals surface area contributed by atoms with Crippen molar-refractivity contribution >= 4 is 5.91 Å². The lowest BCUT2D eigenvalue weighted by Gasteiger charge is -2.13. The van der Waals surface area contributed by atoms with Crippen molar-refractivity contribution in [3.05, 3.63) is 18.2 Å². The molecule has 1 aromatic rings. The quantitative estimate of drug-likeness (QED) is 0.749. The van der Waals surface area contributed by atoms with Crippen LogP contribution < -0.4 is 11.1 Å². The number of imidazole rings is 1. The van der Waals surface area contributed by atoms with Crippen LogP contribution in [0.2, 0.25) is 0 Å². The van der Waals surface area contributed by atoms with Crippen LogP contribution in [0.4, 0.5) is 0 Å². The van der Waals surface area contributed by atoms with Gasteiger partial charge < -0.3 is 15.6 Å². The summed E-state index contributed by atoms with van der Waals surface area (Å²) in [6.45, 7) is 5.35. The van der Waals surface area contributed by atoms with Crippen molar-refractivity contribution in [1.29, 1.82) is 0 Å². The summed E-state index contributed by atoms with van der Waals surface area (Å²) in [6, 6.07) is 0.229. The Bertz CT molecular complexity index is 330. The van der Waals surface area contributed by atoms with Crippen LogP contribution in [-0.4, -0.2) is 28.0 Å². The van der Waals surface area contributed by atoms with Crippen LogP contribution in [0, 0.1) is 0 Å². The van der Waals surface area contributed by atoms with Gasteiger partial charge in [0, 0.05) is 25.3 Å². The van der Waals surface area contributed by atoms with Gasteiger partial charge in [0.2, 0.25) is 0 Å². The average molecular weight is 224 g/mol. The van der Waals surface area contributed by atoms with Crippen LogP contribution in [0.15, 0.2) is 12.5 Å². The van der Waals surface area contributed by atoms with Gasteiger partial charge in [0.25, 0.3) is 5.91 Å². The van der Waals surface area contributed by atoms with E-state index in [4.69, 9.17) is 5.73 Å². The van der Waals surface area contributed by atoms with Gasteiger partial charge >= 0.3 is 0 Å². The van der Waals surface area contributed by atoms with Crippen molar-refractivity contribution in [3.63, 3.8) is 0 Å². The van der Waals surface area contributed by atoms with Gasteiger partial charge in [-0.25, -0.2) is 4.98 Å². The van der Waals surface area contributed by atoms with Gasteiger partial charge in [-0.1, -0.05) is 13.8 Å². The van der Waals surface area contributed by atoms with Crippen molar-refractivity contribution in [3.8, 4) is 0 Å². The number of carbonyl (C=O) groups is 1. The molecule has 3 N–H and O–H groups in total. The van der Waals surface area contributed by atoms with Gasteiger partial charge in [-0.2, -0.15) is 0 Å². The van der Waals surface area contributed by atoms with Crippen LogP contribution in [-0.2, 0) is 6.54 Å². The molecule has 0 spiro atoms. The van der Waals surface area contributed by atoms with E-state index >= 15 is 0 Å². The molecule has 5 nitrogen and oxygen atoms in total. The minimum atomic E-state index is -0.107. The van der Waals surface area contributed by atoms with E-state index in [1.54, 1.807) is 12.5 Å². The standard InChI is InChI=1S/C11H20N4O/c1-3-9(4-2)14-11(16)10-7-15(6-5-12)8-13-10/h7-9H,3-6,12H2,1-2H3,(H,14,16). The summed E-state index contributed by atoms with van der Waals surface area (Å²) in [5, 5.41) is 2.94. The second-order valence-corrected chi connectivity index (χ2v) is 3.77. The lowest BCUT2D eigenvalue weighted by atomic mass is 10.2. The molecule has 0 unspecified atom stereocenters. The lowest BCUT2D eigenvalue weighted by molar-refractivity contribution is 0.0930. The first-order chi connectivity index (χ1) is 7.71. The molecule has 0 aromatic carbocycles. The molecule has 0 saturated carbocycles. The number of amides is 1. The monoisotopic (exact) mass is 224 g/mol. The molecule has 1 amide bonds. The third-order valence-electron chi connectivity index (χ3n) is 2.57. The Balaban J connectivity index is 2.58. The first-order valence-electron chi connectivity index (χ1n) is 5.73. The van der Waals surface area contributed by atoms with Gasteiger partial charge in [-0.15, -0.1) is 0 Å². The van der Waals surface area contributed by atoms with Crippen molar-refractivity contribution in [2.75, 3.05) is 6.54 Å². The fourth-order valence-corrected chi connectivity index (χ4v) is 1.50. The second kappa shape index (κ2) is 6.27. The molecule has 1 heterocycles. The summed E-state index contributed by atoms with van der Waals surface area (Å²) >= 11 is 0. The molecule has 5 heteroatoms. The number of nitrogens with two attached hydrogens (primary N) is 1. The summed E-state index contributed by atoms with van der Waals surface area (Å²) in [5.74, 6) is -0.107. The molecule has 0 aliphatic carbocycles. The zero-order chi connectivity index (χ0) is 12.0. The van der Waals surface area contributed by atoms with E-state index < -0.39 is 0 Å². The Morgan fingerprint density at radius 1 is 1.56 bits per heavy atom. The maximum atomic E-state index is 11.8. The Hall–Kier alpha value is -1.36. The fourth-order valence-electron chi connectivity index (χ4n) is 1.50. The SMILES string of the molecule is CCC(CC)NC(=O)c1cn(CCN)cn1. The van der Waals surface area contributed by atoms with Crippen LogP contribution in [0.3, 0.4) is 0 Å². The first kappa shape index (κ1) is 12.7. The van der Waals surface area contributed by atoms with Crippen LogP contribution in [0.5, 0.6) is 0 Å². The van der Waals surface area contributed by atoms with E-state index in [0.717, 1.165) is 12.8 Å². The van der Waals surface area contributed by atoms with E-state index in [0.29, 0.717) is 18.8 Å².